The molecule has 0 aliphatic carbocycles. The van der Waals surface area contributed by atoms with Crippen molar-refractivity contribution in [3.63, 3.8) is 0 Å². The Labute approximate surface area is 122 Å². The van der Waals surface area contributed by atoms with Gasteiger partial charge in [0.15, 0.2) is 0 Å². The molecule has 0 aromatic carbocycles. The Hall–Kier alpha value is -1.35. The molecule has 110 valence electrons. The Morgan fingerprint density at radius 1 is 1.15 bits per heavy atom. The molecular formula is C17H27N3. The largest absolute Gasteiger partial charge is 0.306 e. The summed E-state index contributed by atoms with van der Waals surface area (Å²) in [6, 6.07) is 6.14. The van der Waals surface area contributed by atoms with Crippen LogP contribution in [0.2, 0.25) is 0 Å². The summed E-state index contributed by atoms with van der Waals surface area (Å²) >= 11 is 0. The highest BCUT2D eigenvalue weighted by molar-refractivity contribution is 5.42. The summed E-state index contributed by atoms with van der Waals surface area (Å²) in [6.07, 6.45) is 3.22. The third-order valence-electron chi connectivity index (χ3n) is 3.54. The van der Waals surface area contributed by atoms with Crippen LogP contribution in [0.1, 0.15) is 52.4 Å². The summed E-state index contributed by atoms with van der Waals surface area (Å²) in [6.45, 7) is 14.3. The van der Waals surface area contributed by atoms with E-state index in [9.17, 15) is 0 Å². The second-order valence-corrected chi connectivity index (χ2v) is 7.55. The van der Waals surface area contributed by atoms with Crippen molar-refractivity contribution in [1.82, 2.24) is 14.7 Å². The van der Waals surface area contributed by atoms with Gasteiger partial charge < -0.3 is 9.72 Å². The Morgan fingerprint density at radius 3 is 2.50 bits per heavy atom. The summed E-state index contributed by atoms with van der Waals surface area (Å²) in [4.78, 5) is 4.61. The number of pyridine rings is 1. The van der Waals surface area contributed by atoms with Gasteiger partial charge in [-0.2, -0.15) is 0 Å². The summed E-state index contributed by atoms with van der Waals surface area (Å²) in [5.41, 5.74) is 3.82. The van der Waals surface area contributed by atoms with Crippen molar-refractivity contribution in [2.24, 2.45) is 5.41 Å². The molecule has 2 heterocycles. The first-order chi connectivity index (χ1) is 9.18. The summed E-state index contributed by atoms with van der Waals surface area (Å²) in [5, 5.41) is 3.69. The molecule has 0 saturated heterocycles. The van der Waals surface area contributed by atoms with Crippen molar-refractivity contribution in [3.8, 4) is 0 Å². The minimum Gasteiger partial charge on any atom is -0.306 e. The lowest BCUT2D eigenvalue weighted by molar-refractivity contribution is 0.240. The Bertz CT molecular complexity index is 588. The summed E-state index contributed by atoms with van der Waals surface area (Å²) in [7, 11) is 0. The van der Waals surface area contributed by atoms with Crippen molar-refractivity contribution in [3.05, 3.63) is 35.8 Å². The smallest absolute Gasteiger partial charge is 0.137 e. The zero-order valence-electron chi connectivity index (χ0n) is 13.6. The molecule has 0 spiro atoms. The van der Waals surface area contributed by atoms with Crippen molar-refractivity contribution in [1.29, 1.82) is 0 Å². The second kappa shape index (κ2) is 5.21. The maximum Gasteiger partial charge on any atom is 0.137 e. The van der Waals surface area contributed by atoms with Crippen LogP contribution in [0.3, 0.4) is 0 Å². The van der Waals surface area contributed by atoms with E-state index in [1.165, 1.54) is 5.69 Å². The highest BCUT2D eigenvalue weighted by Gasteiger charge is 2.25. The predicted molar refractivity (Wildman–Crippen MR) is 84.9 cm³/mol. The Balaban J connectivity index is 2.15. The van der Waals surface area contributed by atoms with Crippen LogP contribution in [-0.2, 0) is 6.54 Å². The molecule has 0 radical (unpaired) electrons. The van der Waals surface area contributed by atoms with Crippen LogP contribution in [0.4, 0.5) is 0 Å². The molecule has 1 N–H and O–H groups in total. The maximum absolute atomic E-state index is 4.61. The van der Waals surface area contributed by atoms with Crippen LogP contribution in [0.5, 0.6) is 0 Å². The first-order valence-electron chi connectivity index (χ1n) is 7.36. The first kappa shape index (κ1) is 15.0. The molecular weight excluding hydrogens is 246 g/mol. The van der Waals surface area contributed by atoms with E-state index in [1.807, 2.05) is 6.07 Å². The highest BCUT2D eigenvalue weighted by atomic mass is 15.1. The summed E-state index contributed by atoms with van der Waals surface area (Å²) < 4.78 is 2.18. The number of nitrogens with zero attached hydrogens (tertiary/aromatic N) is 2. The predicted octanol–water partition coefficient (Wildman–Crippen LogP) is 3.95. The Morgan fingerprint density at radius 2 is 1.85 bits per heavy atom. The molecule has 2 aromatic heterocycles. The number of hydrogen-bond acceptors (Lipinski definition) is 2. The van der Waals surface area contributed by atoms with Gasteiger partial charge in [-0.05, 0) is 44.7 Å². The van der Waals surface area contributed by atoms with E-state index < -0.39 is 0 Å². The molecule has 0 saturated carbocycles. The topological polar surface area (TPSA) is 29.3 Å². The SMILES string of the molecule is Cc1nc2ccccn2c1CNC(C)(C)CC(C)(C)C. The molecule has 20 heavy (non-hydrogen) atoms. The van der Waals surface area contributed by atoms with Gasteiger partial charge in [0.2, 0.25) is 0 Å². The van der Waals surface area contributed by atoms with Crippen LogP contribution < -0.4 is 5.32 Å². The van der Waals surface area contributed by atoms with E-state index in [0.29, 0.717) is 5.41 Å². The Kier molecular flexibility index (Phi) is 3.92. The van der Waals surface area contributed by atoms with E-state index in [4.69, 9.17) is 0 Å². The van der Waals surface area contributed by atoms with Gasteiger partial charge in [0, 0.05) is 18.3 Å². The van der Waals surface area contributed by atoms with Crippen LogP contribution in [0.25, 0.3) is 5.65 Å². The van der Waals surface area contributed by atoms with Crippen molar-refractivity contribution >= 4 is 5.65 Å². The molecule has 0 aliphatic rings. The lowest BCUT2D eigenvalue weighted by Gasteiger charge is -2.33. The van der Waals surface area contributed by atoms with Crippen molar-refractivity contribution in [2.75, 3.05) is 0 Å². The second-order valence-electron chi connectivity index (χ2n) is 7.55. The third-order valence-corrected chi connectivity index (χ3v) is 3.54. The number of hydrogen-bond donors (Lipinski definition) is 1. The highest BCUT2D eigenvalue weighted by Crippen LogP contribution is 2.27. The molecule has 3 nitrogen and oxygen atoms in total. The number of imidazole rings is 1. The van der Waals surface area contributed by atoms with Gasteiger partial charge in [0.25, 0.3) is 0 Å². The van der Waals surface area contributed by atoms with Gasteiger partial charge in [0.1, 0.15) is 5.65 Å². The normalized spacial score (nSPS) is 13.1. The average Bonchev–Trinajstić information content (AvgIpc) is 2.59. The zero-order chi connectivity index (χ0) is 15.0. The lowest BCUT2D eigenvalue weighted by atomic mass is 9.82. The standard InChI is InChI=1S/C17H27N3/c1-13-14(20-10-8-7-9-15(20)19-13)11-18-17(5,6)12-16(2,3)4/h7-10,18H,11-12H2,1-6H3. The number of aromatic nitrogens is 2. The molecule has 0 aliphatic heterocycles. The minimum atomic E-state index is 0.115. The van der Waals surface area contributed by atoms with Crippen molar-refractivity contribution in [2.45, 2.75) is 60.0 Å². The van der Waals surface area contributed by atoms with Gasteiger partial charge in [-0.3, -0.25) is 0 Å². The van der Waals surface area contributed by atoms with Crippen LogP contribution >= 0.6 is 0 Å². The van der Waals surface area contributed by atoms with Gasteiger partial charge in [-0.1, -0.05) is 26.8 Å². The number of rotatable bonds is 4. The van der Waals surface area contributed by atoms with Gasteiger partial charge in [-0.15, -0.1) is 0 Å². The fourth-order valence-corrected chi connectivity index (χ4v) is 3.09. The van der Waals surface area contributed by atoms with Gasteiger partial charge in [0.05, 0.1) is 11.4 Å². The quantitative estimate of drug-likeness (QED) is 0.914. The van der Waals surface area contributed by atoms with Gasteiger partial charge >= 0.3 is 0 Å². The minimum absolute atomic E-state index is 0.115. The van der Waals surface area contributed by atoms with E-state index in [2.05, 4.69) is 74.6 Å². The first-order valence-corrected chi connectivity index (χ1v) is 7.36. The van der Waals surface area contributed by atoms with E-state index in [1.54, 1.807) is 0 Å². The molecule has 0 unspecified atom stereocenters. The molecule has 3 heteroatoms. The number of fused-ring (bicyclic) bond motifs is 1. The maximum atomic E-state index is 4.61. The molecule has 0 bridgehead atoms. The molecule has 0 amide bonds. The molecule has 0 atom stereocenters. The monoisotopic (exact) mass is 273 g/mol. The third kappa shape index (κ3) is 3.60. The number of nitrogens with one attached hydrogen (secondary N) is 1. The van der Waals surface area contributed by atoms with Gasteiger partial charge in [-0.25, -0.2) is 4.98 Å². The molecule has 2 rings (SSSR count). The van der Waals surface area contributed by atoms with Crippen molar-refractivity contribution < 1.29 is 0 Å². The van der Waals surface area contributed by atoms with Crippen LogP contribution in [0.15, 0.2) is 24.4 Å². The molecule has 0 fully saturated rings. The molecule has 2 aromatic rings. The summed E-state index contributed by atoms with van der Waals surface area (Å²) in [5.74, 6) is 0. The fraction of sp³-hybridized carbons (Fsp3) is 0.588. The fourth-order valence-electron chi connectivity index (χ4n) is 3.09. The van der Waals surface area contributed by atoms with E-state index in [-0.39, 0.29) is 5.54 Å². The van der Waals surface area contributed by atoms with E-state index in [0.717, 1.165) is 24.3 Å². The average molecular weight is 273 g/mol. The van der Waals surface area contributed by atoms with Crippen LogP contribution in [0, 0.1) is 12.3 Å². The number of aryl methyl sites for hydroxylation is 1. The van der Waals surface area contributed by atoms with Crippen LogP contribution in [-0.4, -0.2) is 14.9 Å². The lowest BCUT2D eigenvalue weighted by Crippen LogP contribution is -2.42. The zero-order valence-corrected chi connectivity index (χ0v) is 13.6. The van der Waals surface area contributed by atoms with E-state index >= 15 is 0 Å².